The molecule has 0 bridgehead atoms. The first-order valence-electron chi connectivity index (χ1n) is 7.49. The molecule has 3 atom stereocenters. The molecule has 1 unspecified atom stereocenters. The van der Waals surface area contributed by atoms with Gasteiger partial charge in [-0.25, -0.2) is 19.3 Å². The van der Waals surface area contributed by atoms with Crippen LogP contribution in [-0.4, -0.2) is 49.5 Å². The maximum absolute atomic E-state index is 12.8. The summed E-state index contributed by atoms with van der Waals surface area (Å²) in [4.78, 5) is 11.4. The Hall–Kier alpha value is -1.52. The third kappa shape index (κ3) is 3.38. The Balaban J connectivity index is 1.83. The first-order chi connectivity index (χ1) is 11.0. The molecule has 23 heavy (non-hydrogen) atoms. The number of rotatable bonds is 5. The first kappa shape index (κ1) is 16.3. The molecule has 0 amide bonds. The number of benzene rings is 1. The number of carbonyl (C=O) groups is 1. The molecule has 0 spiro atoms. The molecule has 126 valence electrons. The first-order valence-corrected chi connectivity index (χ1v) is 8.93. The van der Waals surface area contributed by atoms with Crippen LogP contribution in [0.2, 0.25) is 0 Å². The molecule has 1 aromatic carbocycles. The highest BCUT2D eigenvalue weighted by Crippen LogP contribution is 2.33. The number of hydrogen-bond donors (Lipinski definition) is 4. The van der Waals surface area contributed by atoms with Gasteiger partial charge in [0, 0.05) is 32.1 Å². The summed E-state index contributed by atoms with van der Waals surface area (Å²) in [6.45, 7) is 1.17. The van der Waals surface area contributed by atoms with E-state index in [4.69, 9.17) is 5.11 Å². The molecule has 2 aliphatic rings. The molecule has 0 radical (unpaired) electrons. The van der Waals surface area contributed by atoms with E-state index in [1.54, 1.807) is 30.3 Å². The molecular formula is C14H20N4O4S. The minimum atomic E-state index is -3.60. The van der Waals surface area contributed by atoms with E-state index >= 15 is 0 Å². The second kappa shape index (κ2) is 6.54. The monoisotopic (exact) mass is 340 g/mol. The van der Waals surface area contributed by atoms with Gasteiger partial charge in [0.25, 0.3) is 0 Å². The quantitative estimate of drug-likeness (QED) is 0.565. The van der Waals surface area contributed by atoms with Gasteiger partial charge >= 0.3 is 5.97 Å². The lowest BCUT2D eigenvalue weighted by Crippen LogP contribution is -2.41. The summed E-state index contributed by atoms with van der Waals surface area (Å²) in [7, 11) is -3.60. The molecular weight excluding hydrogens is 320 g/mol. The van der Waals surface area contributed by atoms with Crippen molar-refractivity contribution in [1.82, 2.24) is 20.7 Å². The normalized spacial score (nSPS) is 29.0. The minimum absolute atomic E-state index is 0.00433. The summed E-state index contributed by atoms with van der Waals surface area (Å²) < 4.78 is 26.9. The molecule has 9 heteroatoms. The highest BCUT2D eigenvalue weighted by Gasteiger charge is 2.44. The number of carboxylic acids is 1. The van der Waals surface area contributed by atoms with Gasteiger partial charge in [0.05, 0.1) is 4.90 Å². The summed E-state index contributed by atoms with van der Waals surface area (Å²) in [5.74, 6) is -1.19. The maximum Gasteiger partial charge on any atom is 0.303 e. The predicted molar refractivity (Wildman–Crippen MR) is 82.5 cm³/mol. The van der Waals surface area contributed by atoms with Crippen LogP contribution in [0, 0.1) is 11.8 Å². The Bertz CT molecular complexity index is 661. The highest BCUT2D eigenvalue weighted by molar-refractivity contribution is 7.89. The molecule has 0 saturated carbocycles. The number of nitrogens with zero attached hydrogens (tertiary/aromatic N) is 1. The summed E-state index contributed by atoms with van der Waals surface area (Å²) >= 11 is 0. The van der Waals surface area contributed by atoms with E-state index < -0.39 is 16.0 Å². The summed E-state index contributed by atoms with van der Waals surface area (Å²) in [6.07, 6.45) is -0.0380. The SMILES string of the molecule is O=C(O)C[C@@H]1CN(S(=O)(=O)c2ccccc2)C[C@@H]1C1CNNN1. The second-order valence-corrected chi connectivity index (χ2v) is 7.85. The standard InChI is InChI=1S/C14H20N4O4S/c19-14(20)6-10-8-18(9-12(10)13-7-15-17-16-13)23(21,22)11-4-2-1-3-5-11/h1-5,10,12-13,15-17H,6-9H2,(H,19,20)/t10-,12+,13?/m1/s1. The summed E-state index contributed by atoms with van der Waals surface area (Å²) in [5, 5.41) is 9.12. The van der Waals surface area contributed by atoms with Crippen LogP contribution in [0.5, 0.6) is 0 Å². The number of nitrogens with one attached hydrogen (secondary N) is 3. The van der Waals surface area contributed by atoms with Gasteiger partial charge < -0.3 is 5.11 Å². The van der Waals surface area contributed by atoms with Gasteiger partial charge in [0.1, 0.15) is 0 Å². The molecule has 2 fully saturated rings. The lowest BCUT2D eigenvalue weighted by Gasteiger charge is -2.22. The van der Waals surface area contributed by atoms with Crippen LogP contribution in [0.25, 0.3) is 0 Å². The van der Waals surface area contributed by atoms with Crippen molar-refractivity contribution in [2.75, 3.05) is 19.6 Å². The molecule has 8 nitrogen and oxygen atoms in total. The number of hydrogen-bond acceptors (Lipinski definition) is 6. The third-order valence-electron chi connectivity index (χ3n) is 4.46. The van der Waals surface area contributed by atoms with E-state index in [1.807, 2.05) is 0 Å². The lowest BCUT2D eigenvalue weighted by molar-refractivity contribution is -0.138. The van der Waals surface area contributed by atoms with E-state index in [-0.39, 0.29) is 35.7 Å². The van der Waals surface area contributed by atoms with Crippen molar-refractivity contribution in [1.29, 1.82) is 0 Å². The zero-order valence-electron chi connectivity index (χ0n) is 12.5. The van der Waals surface area contributed by atoms with Gasteiger partial charge in [-0.3, -0.25) is 4.79 Å². The van der Waals surface area contributed by atoms with Gasteiger partial charge in [-0.2, -0.15) is 9.84 Å². The molecule has 1 aromatic rings. The highest BCUT2D eigenvalue weighted by atomic mass is 32.2. The Kier molecular flexibility index (Phi) is 4.64. The summed E-state index contributed by atoms with van der Waals surface area (Å²) in [6, 6.07) is 8.25. The number of hydrazine groups is 2. The molecule has 2 saturated heterocycles. The van der Waals surface area contributed by atoms with Crippen LogP contribution in [-0.2, 0) is 14.8 Å². The van der Waals surface area contributed by atoms with Gasteiger partial charge in [-0.1, -0.05) is 18.2 Å². The molecule has 4 N–H and O–H groups in total. The van der Waals surface area contributed by atoms with Crippen molar-refractivity contribution in [2.24, 2.45) is 11.8 Å². The van der Waals surface area contributed by atoms with E-state index in [2.05, 4.69) is 16.4 Å². The molecule has 2 aliphatic heterocycles. The van der Waals surface area contributed by atoms with Crippen molar-refractivity contribution in [3.63, 3.8) is 0 Å². The van der Waals surface area contributed by atoms with Gasteiger partial charge in [0.2, 0.25) is 10.0 Å². The second-order valence-electron chi connectivity index (χ2n) is 5.91. The average Bonchev–Trinajstić information content (AvgIpc) is 3.16. The Morgan fingerprint density at radius 3 is 2.61 bits per heavy atom. The van der Waals surface area contributed by atoms with E-state index in [9.17, 15) is 13.2 Å². The van der Waals surface area contributed by atoms with Gasteiger partial charge in [0.15, 0.2) is 0 Å². The molecule has 0 aliphatic carbocycles. The largest absolute Gasteiger partial charge is 0.481 e. The van der Waals surface area contributed by atoms with E-state index in [0.29, 0.717) is 13.1 Å². The van der Waals surface area contributed by atoms with Crippen molar-refractivity contribution in [3.8, 4) is 0 Å². The Morgan fingerprint density at radius 1 is 1.26 bits per heavy atom. The van der Waals surface area contributed by atoms with Crippen molar-refractivity contribution >= 4 is 16.0 Å². The number of sulfonamides is 1. The zero-order valence-corrected chi connectivity index (χ0v) is 13.3. The van der Waals surface area contributed by atoms with Gasteiger partial charge in [-0.05, 0) is 24.0 Å². The van der Waals surface area contributed by atoms with Crippen molar-refractivity contribution < 1.29 is 18.3 Å². The van der Waals surface area contributed by atoms with Crippen LogP contribution in [0.1, 0.15) is 6.42 Å². The lowest BCUT2D eigenvalue weighted by atomic mass is 9.87. The fourth-order valence-electron chi connectivity index (χ4n) is 3.30. The third-order valence-corrected chi connectivity index (χ3v) is 6.31. The average molecular weight is 340 g/mol. The van der Waals surface area contributed by atoms with E-state index in [1.165, 1.54) is 4.31 Å². The predicted octanol–water partition coefficient (Wildman–Crippen LogP) is -0.621. The smallest absolute Gasteiger partial charge is 0.303 e. The Morgan fingerprint density at radius 2 is 2.00 bits per heavy atom. The number of carboxylic acid groups (broad SMARTS) is 1. The summed E-state index contributed by atoms with van der Waals surface area (Å²) in [5.41, 5.74) is 8.76. The molecule has 0 aromatic heterocycles. The maximum atomic E-state index is 12.8. The van der Waals surface area contributed by atoms with Crippen LogP contribution >= 0.6 is 0 Å². The van der Waals surface area contributed by atoms with Crippen molar-refractivity contribution in [2.45, 2.75) is 17.4 Å². The Labute approximate surface area is 134 Å². The van der Waals surface area contributed by atoms with Gasteiger partial charge in [-0.15, -0.1) is 0 Å². The van der Waals surface area contributed by atoms with Crippen molar-refractivity contribution in [3.05, 3.63) is 30.3 Å². The van der Waals surface area contributed by atoms with Crippen LogP contribution in [0.4, 0.5) is 0 Å². The van der Waals surface area contributed by atoms with Crippen LogP contribution in [0.15, 0.2) is 35.2 Å². The van der Waals surface area contributed by atoms with Crippen LogP contribution in [0.3, 0.4) is 0 Å². The van der Waals surface area contributed by atoms with Crippen LogP contribution < -0.4 is 16.4 Å². The molecule has 2 heterocycles. The minimum Gasteiger partial charge on any atom is -0.481 e. The fraction of sp³-hybridized carbons (Fsp3) is 0.500. The molecule has 3 rings (SSSR count). The zero-order chi connectivity index (χ0) is 16.4. The fourth-order valence-corrected chi connectivity index (χ4v) is 4.86. The topological polar surface area (TPSA) is 111 Å². The van der Waals surface area contributed by atoms with E-state index in [0.717, 1.165) is 0 Å². The number of aliphatic carboxylic acids is 1.